The van der Waals surface area contributed by atoms with E-state index in [4.69, 9.17) is 11.5 Å². The lowest BCUT2D eigenvalue weighted by Gasteiger charge is -2.07. The normalized spacial score (nSPS) is 10.9. The van der Waals surface area contributed by atoms with Crippen molar-refractivity contribution in [1.82, 2.24) is 19.2 Å². The summed E-state index contributed by atoms with van der Waals surface area (Å²) in [7, 11) is 0. The van der Waals surface area contributed by atoms with Gasteiger partial charge < -0.3 is 15.9 Å². The van der Waals surface area contributed by atoms with Crippen LogP contribution in [-0.4, -0.2) is 31.1 Å². The van der Waals surface area contributed by atoms with Crippen molar-refractivity contribution in [2.75, 3.05) is 5.32 Å². The van der Waals surface area contributed by atoms with Gasteiger partial charge in [0.1, 0.15) is 17.2 Å². The summed E-state index contributed by atoms with van der Waals surface area (Å²) in [5.41, 5.74) is 14.4. The number of primary amides is 2. The molecule has 0 unspecified atom stereocenters. The van der Waals surface area contributed by atoms with E-state index >= 15 is 0 Å². The third kappa shape index (κ3) is 2.94. The first-order chi connectivity index (χ1) is 13.4. The lowest BCUT2D eigenvalue weighted by Crippen LogP contribution is -2.21. The summed E-state index contributed by atoms with van der Waals surface area (Å²) in [6, 6.07) is 12.3. The predicted octanol–water partition coefficient (Wildman–Crippen LogP) is 2.08. The summed E-state index contributed by atoms with van der Waals surface area (Å²) in [6.45, 7) is 1.85. The van der Waals surface area contributed by atoms with Crippen molar-refractivity contribution in [2.45, 2.75) is 6.92 Å². The van der Waals surface area contributed by atoms with E-state index in [2.05, 4.69) is 15.4 Å². The number of benzene rings is 1. The van der Waals surface area contributed by atoms with Gasteiger partial charge in [-0.25, -0.2) is 14.5 Å². The minimum atomic E-state index is -0.678. The van der Waals surface area contributed by atoms with Crippen LogP contribution in [0.3, 0.4) is 0 Å². The minimum absolute atomic E-state index is 0.180. The topological polar surface area (TPSA) is 133 Å². The largest absolute Gasteiger partial charge is 0.364 e. The van der Waals surface area contributed by atoms with Gasteiger partial charge in [-0.15, -0.1) is 0 Å². The predicted molar refractivity (Wildman–Crippen MR) is 104 cm³/mol. The number of hydrogen-bond donors (Lipinski definition) is 3. The van der Waals surface area contributed by atoms with E-state index in [0.29, 0.717) is 17.2 Å². The maximum atomic E-state index is 11.5. The maximum absolute atomic E-state index is 11.5. The van der Waals surface area contributed by atoms with Crippen LogP contribution in [0.4, 0.5) is 10.6 Å². The molecule has 0 aliphatic carbocycles. The van der Waals surface area contributed by atoms with Crippen LogP contribution in [0.2, 0.25) is 0 Å². The van der Waals surface area contributed by atoms with Crippen molar-refractivity contribution in [3.63, 3.8) is 0 Å². The molecule has 0 fully saturated rings. The number of fused-ring (bicyclic) bond motifs is 1. The van der Waals surface area contributed by atoms with Gasteiger partial charge in [0.25, 0.3) is 5.91 Å². The van der Waals surface area contributed by atoms with Crippen LogP contribution in [0.1, 0.15) is 16.1 Å². The van der Waals surface area contributed by atoms with Crippen LogP contribution >= 0.6 is 0 Å². The molecule has 140 valence electrons. The fourth-order valence-electron chi connectivity index (χ4n) is 3.04. The van der Waals surface area contributed by atoms with E-state index < -0.39 is 11.9 Å². The summed E-state index contributed by atoms with van der Waals surface area (Å²) in [5.74, 6) is -0.111. The molecule has 0 saturated heterocycles. The third-order valence-corrected chi connectivity index (χ3v) is 4.34. The molecular weight excluding hydrogens is 358 g/mol. The molecule has 1 aromatic carbocycles. The van der Waals surface area contributed by atoms with Crippen LogP contribution in [0.15, 0.2) is 54.9 Å². The molecule has 0 atom stereocenters. The monoisotopic (exact) mass is 375 g/mol. The zero-order chi connectivity index (χ0) is 19.8. The number of carbonyl (C=O) groups is 2. The third-order valence-electron chi connectivity index (χ3n) is 4.34. The highest BCUT2D eigenvalue weighted by Gasteiger charge is 2.19. The standard InChI is InChI=1S/C19H17N7O2/c1-11-16(12-7-8-15-22-14(17(20)27)10-25(15)9-12)24-26(18(11)23-19(21)28)13-5-3-2-4-6-13/h2-10H,1H3,(H2,20,27)(H3,21,23,28). The Morgan fingerprint density at radius 2 is 1.79 bits per heavy atom. The number of anilines is 1. The van der Waals surface area contributed by atoms with Crippen molar-refractivity contribution in [1.29, 1.82) is 0 Å². The highest BCUT2D eigenvalue weighted by Crippen LogP contribution is 2.30. The minimum Gasteiger partial charge on any atom is -0.364 e. The first-order valence-electron chi connectivity index (χ1n) is 8.44. The highest BCUT2D eigenvalue weighted by molar-refractivity contribution is 5.91. The van der Waals surface area contributed by atoms with Crippen molar-refractivity contribution in [3.8, 4) is 16.9 Å². The average molecular weight is 375 g/mol. The number of urea groups is 1. The number of nitrogens with two attached hydrogens (primary N) is 2. The molecule has 0 radical (unpaired) electrons. The van der Waals surface area contributed by atoms with Gasteiger partial charge >= 0.3 is 6.03 Å². The molecule has 0 spiro atoms. The second-order valence-corrected chi connectivity index (χ2v) is 6.23. The Morgan fingerprint density at radius 1 is 1.04 bits per heavy atom. The summed E-state index contributed by atoms with van der Waals surface area (Å²) < 4.78 is 3.33. The Balaban J connectivity index is 1.88. The van der Waals surface area contributed by atoms with Gasteiger partial charge in [0, 0.05) is 23.5 Å². The van der Waals surface area contributed by atoms with Gasteiger partial charge in [-0.3, -0.25) is 10.1 Å². The zero-order valence-electron chi connectivity index (χ0n) is 15.0. The number of nitrogens with zero attached hydrogens (tertiary/aromatic N) is 4. The van der Waals surface area contributed by atoms with Gasteiger partial charge in [0.2, 0.25) is 0 Å². The Kier molecular flexibility index (Phi) is 4.04. The van der Waals surface area contributed by atoms with Crippen molar-refractivity contribution < 1.29 is 9.59 Å². The van der Waals surface area contributed by atoms with E-state index in [1.807, 2.05) is 43.3 Å². The van der Waals surface area contributed by atoms with Crippen LogP contribution in [0.5, 0.6) is 0 Å². The zero-order valence-corrected chi connectivity index (χ0v) is 15.0. The molecule has 3 amide bonds. The first-order valence-corrected chi connectivity index (χ1v) is 8.44. The number of nitrogens with one attached hydrogen (secondary N) is 1. The van der Waals surface area contributed by atoms with E-state index in [9.17, 15) is 9.59 Å². The molecule has 0 aliphatic rings. The lowest BCUT2D eigenvalue weighted by atomic mass is 10.1. The molecule has 28 heavy (non-hydrogen) atoms. The number of pyridine rings is 1. The van der Waals surface area contributed by atoms with Crippen LogP contribution < -0.4 is 16.8 Å². The Labute approximate surface area is 159 Å². The van der Waals surface area contributed by atoms with Gasteiger partial charge in [-0.2, -0.15) is 5.10 Å². The quantitative estimate of drug-likeness (QED) is 0.503. The molecule has 3 heterocycles. The highest BCUT2D eigenvalue weighted by atomic mass is 16.2. The van der Waals surface area contributed by atoms with E-state index in [0.717, 1.165) is 16.8 Å². The number of rotatable bonds is 4. The molecule has 9 nitrogen and oxygen atoms in total. The van der Waals surface area contributed by atoms with E-state index in [-0.39, 0.29) is 5.69 Å². The summed E-state index contributed by atoms with van der Waals surface area (Å²) in [6.07, 6.45) is 3.36. The summed E-state index contributed by atoms with van der Waals surface area (Å²) in [4.78, 5) is 27.0. The molecule has 0 aliphatic heterocycles. The van der Waals surface area contributed by atoms with Gasteiger partial charge in [0.05, 0.1) is 11.4 Å². The average Bonchev–Trinajstić information content (AvgIpc) is 3.24. The molecule has 5 N–H and O–H groups in total. The fraction of sp³-hybridized carbons (Fsp3) is 0.0526. The number of amides is 3. The van der Waals surface area contributed by atoms with Gasteiger partial charge in [-0.05, 0) is 31.2 Å². The summed E-state index contributed by atoms with van der Waals surface area (Å²) in [5, 5.41) is 7.32. The second kappa shape index (κ2) is 6.54. The van der Waals surface area contributed by atoms with Crippen LogP contribution in [-0.2, 0) is 0 Å². The molecular formula is C19H17N7O2. The molecule has 4 aromatic rings. The van der Waals surface area contributed by atoms with Crippen LogP contribution in [0, 0.1) is 6.92 Å². The molecule has 4 rings (SSSR count). The second-order valence-electron chi connectivity index (χ2n) is 6.23. The molecule has 3 aromatic heterocycles. The lowest BCUT2D eigenvalue weighted by molar-refractivity contribution is 0.0996. The number of carbonyl (C=O) groups excluding carboxylic acids is 2. The SMILES string of the molecule is Cc1c(-c2ccc3nc(C(N)=O)cn3c2)nn(-c2ccccc2)c1NC(N)=O. The number of hydrogen-bond acceptors (Lipinski definition) is 4. The fourth-order valence-corrected chi connectivity index (χ4v) is 3.04. The van der Waals surface area contributed by atoms with Crippen molar-refractivity contribution >= 4 is 23.4 Å². The molecule has 0 saturated carbocycles. The molecule has 0 bridgehead atoms. The first kappa shape index (κ1) is 17.3. The number of aromatic nitrogens is 4. The number of para-hydroxylation sites is 1. The van der Waals surface area contributed by atoms with E-state index in [1.165, 1.54) is 0 Å². The van der Waals surface area contributed by atoms with Crippen molar-refractivity contribution in [3.05, 3.63) is 66.1 Å². The Hall–Kier alpha value is -4.14. The van der Waals surface area contributed by atoms with Gasteiger partial charge in [0.15, 0.2) is 0 Å². The van der Waals surface area contributed by atoms with E-state index in [1.54, 1.807) is 27.5 Å². The van der Waals surface area contributed by atoms with Crippen LogP contribution in [0.25, 0.3) is 22.6 Å². The van der Waals surface area contributed by atoms with Crippen molar-refractivity contribution in [2.24, 2.45) is 11.5 Å². The maximum Gasteiger partial charge on any atom is 0.317 e. The Bertz CT molecular complexity index is 1210. The Morgan fingerprint density at radius 3 is 2.46 bits per heavy atom. The smallest absolute Gasteiger partial charge is 0.317 e. The molecule has 9 heteroatoms. The summed E-state index contributed by atoms with van der Waals surface area (Å²) >= 11 is 0. The van der Waals surface area contributed by atoms with Gasteiger partial charge in [-0.1, -0.05) is 18.2 Å². The number of imidazole rings is 1.